The number of nitrogens with zero attached hydrogens (tertiary/aromatic N) is 12. The molecule has 1 fully saturated rings. The Hall–Kier alpha value is -6.75. The van der Waals surface area contributed by atoms with E-state index in [0.717, 1.165) is 54.4 Å². The molecule has 0 spiro atoms. The van der Waals surface area contributed by atoms with E-state index < -0.39 is 52.3 Å². The van der Waals surface area contributed by atoms with Gasteiger partial charge in [0.15, 0.2) is 24.0 Å². The van der Waals surface area contributed by atoms with Gasteiger partial charge in [-0.2, -0.15) is 32.7 Å². The van der Waals surface area contributed by atoms with E-state index in [-0.39, 0.29) is 41.8 Å². The molecule has 7 rings (SSSR count). The first-order valence-corrected chi connectivity index (χ1v) is 17.9. The lowest BCUT2D eigenvalue weighted by atomic mass is 10.2. The molecule has 6 aromatic heterocycles. The Bertz CT molecular complexity index is 2610. The lowest BCUT2D eigenvalue weighted by molar-refractivity contribution is -0.802. The van der Waals surface area contributed by atoms with Gasteiger partial charge >= 0.3 is 6.18 Å². The average molecular weight is 808 g/mol. The van der Waals surface area contributed by atoms with E-state index in [2.05, 4.69) is 36.1 Å². The number of carbonyl (C=O) groups is 2. The lowest BCUT2D eigenvalue weighted by Crippen LogP contribution is -2.50. The molecule has 0 aromatic carbocycles. The SMILES string of the molecule is COC[C@H](C)NC(=O)c1cc(-n2ccc(C3CC3)n2)nn(-c2cnn(-[n+]3cc(C(F)(F)F)cn3-c3cc(C(=O)N[C@@H](C)COC)c(=O)n(-c4cnn(C)c4)n3)c2)c1=O. The van der Waals surface area contributed by atoms with Gasteiger partial charge in [0.1, 0.15) is 34.3 Å². The van der Waals surface area contributed by atoms with Crippen LogP contribution >= 0.6 is 0 Å². The molecular weight excluding hydrogens is 769 g/mol. The monoisotopic (exact) mass is 807 g/mol. The van der Waals surface area contributed by atoms with E-state index in [1.165, 1.54) is 48.2 Å². The third-order valence-electron chi connectivity index (χ3n) is 8.96. The van der Waals surface area contributed by atoms with Crippen LogP contribution in [0.3, 0.4) is 0 Å². The van der Waals surface area contributed by atoms with Gasteiger partial charge in [-0.05, 0) is 37.5 Å². The van der Waals surface area contributed by atoms with Crippen molar-refractivity contribution in [3.63, 3.8) is 0 Å². The molecule has 0 saturated heterocycles. The molecule has 1 saturated carbocycles. The zero-order valence-corrected chi connectivity index (χ0v) is 31.8. The number of nitrogens with one attached hydrogen (secondary N) is 2. The van der Waals surface area contributed by atoms with Gasteiger partial charge < -0.3 is 20.1 Å². The molecule has 0 aliphatic heterocycles. The van der Waals surface area contributed by atoms with Gasteiger partial charge in [0.2, 0.25) is 0 Å². The fourth-order valence-electron chi connectivity index (χ4n) is 6.04. The normalized spacial score (nSPS) is 14.1. The maximum atomic E-state index is 14.4. The third kappa shape index (κ3) is 8.06. The molecule has 1 aliphatic carbocycles. The standard InChI is InChI=1S/C35H37F3N14O6/c1-20(18-57-4)41-31(53)26-10-29(47-9-8-28(43-47)22-6-7-22)44-52(33(26)55)25-13-40-49(17-25)50-15-23(35(36,37)38)14-48(50)30-11-27(32(54)42-21(2)19-58-5)34(56)51(45-30)24-12-39-46(3)16-24/h8-17,20-22H,6-7,18-19H2,1-5H3,(H-,41,42,53,54)/p+1/t20-,21-/m0/s1. The molecule has 6 aromatic rings. The Morgan fingerprint density at radius 2 is 1.43 bits per heavy atom. The molecule has 0 unspecified atom stereocenters. The van der Waals surface area contributed by atoms with Gasteiger partial charge in [-0.3, -0.25) is 23.9 Å². The largest absolute Gasteiger partial charge is 0.421 e. The fourth-order valence-corrected chi connectivity index (χ4v) is 6.04. The van der Waals surface area contributed by atoms with Gasteiger partial charge in [-0.1, -0.05) is 0 Å². The summed E-state index contributed by atoms with van der Waals surface area (Å²) in [6.45, 7) is 3.61. The van der Waals surface area contributed by atoms with Crippen LogP contribution in [0.5, 0.6) is 0 Å². The molecule has 6 heterocycles. The van der Waals surface area contributed by atoms with Crippen LogP contribution in [0, 0.1) is 0 Å². The summed E-state index contributed by atoms with van der Waals surface area (Å²) in [6.07, 6.45) is 5.19. The second-order valence-electron chi connectivity index (χ2n) is 13.8. The van der Waals surface area contributed by atoms with Crippen LogP contribution in [-0.2, 0) is 22.7 Å². The Balaban J connectivity index is 1.36. The van der Waals surface area contributed by atoms with Gasteiger partial charge in [-0.15, -0.1) is 14.9 Å². The van der Waals surface area contributed by atoms with Crippen LogP contribution in [0.2, 0.25) is 0 Å². The zero-order valence-electron chi connectivity index (χ0n) is 31.8. The van der Waals surface area contributed by atoms with Crippen molar-refractivity contribution >= 4 is 11.8 Å². The summed E-state index contributed by atoms with van der Waals surface area (Å²) in [6, 6.07) is 3.14. The maximum absolute atomic E-state index is 14.4. The summed E-state index contributed by atoms with van der Waals surface area (Å²) in [7, 11) is 4.48. The fraction of sp³-hybridized carbons (Fsp3) is 0.371. The predicted octanol–water partition coefficient (Wildman–Crippen LogP) is 0.709. The molecule has 1 aliphatic rings. The number of carbonyl (C=O) groups excluding carboxylic acids is 2. The number of alkyl halides is 3. The highest BCUT2D eigenvalue weighted by Crippen LogP contribution is 2.39. The average Bonchev–Trinajstić information content (AvgIpc) is 3.58. The number of aromatic nitrogens is 12. The van der Waals surface area contributed by atoms with Crippen LogP contribution < -0.4 is 26.5 Å². The zero-order chi connectivity index (χ0) is 41.5. The number of ether oxygens (including phenoxy) is 2. The molecule has 304 valence electrons. The van der Waals surface area contributed by atoms with Crippen LogP contribution in [0.4, 0.5) is 13.2 Å². The van der Waals surface area contributed by atoms with E-state index in [4.69, 9.17) is 9.47 Å². The topological polar surface area (TPSA) is 209 Å². The first-order chi connectivity index (χ1) is 27.6. The number of halogens is 3. The van der Waals surface area contributed by atoms with Gasteiger partial charge in [-0.25, -0.2) is 4.68 Å². The Kier molecular flexibility index (Phi) is 10.7. The van der Waals surface area contributed by atoms with Gasteiger partial charge in [0.05, 0.1) is 37.5 Å². The molecular formula is C35H38F3N14O6+. The summed E-state index contributed by atoms with van der Waals surface area (Å²) in [4.78, 5) is 56.3. The van der Waals surface area contributed by atoms with Crippen molar-refractivity contribution in [2.75, 3.05) is 27.4 Å². The minimum absolute atomic E-state index is 0.0466. The van der Waals surface area contributed by atoms with Crippen molar-refractivity contribution in [1.29, 1.82) is 0 Å². The van der Waals surface area contributed by atoms with E-state index in [1.54, 1.807) is 27.1 Å². The first kappa shape index (κ1) is 39.5. The second kappa shape index (κ2) is 15.7. The highest BCUT2D eigenvalue weighted by atomic mass is 19.4. The van der Waals surface area contributed by atoms with Crippen LogP contribution in [-0.4, -0.2) is 105 Å². The quantitative estimate of drug-likeness (QED) is 0.147. The minimum atomic E-state index is -4.88. The second-order valence-corrected chi connectivity index (χ2v) is 13.8. The maximum Gasteiger partial charge on any atom is 0.421 e. The van der Waals surface area contributed by atoms with Crippen molar-refractivity contribution < 1.29 is 37.0 Å². The van der Waals surface area contributed by atoms with Crippen LogP contribution in [0.25, 0.3) is 23.0 Å². The Labute approximate surface area is 325 Å². The molecule has 20 nitrogen and oxygen atoms in total. The summed E-state index contributed by atoms with van der Waals surface area (Å²) in [5, 5.41) is 27.0. The molecule has 58 heavy (non-hydrogen) atoms. The van der Waals surface area contributed by atoms with Crippen molar-refractivity contribution in [3.8, 4) is 23.0 Å². The van der Waals surface area contributed by atoms with Crippen LogP contribution in [0.15, 0.2) is 71.2 Å². The molecule has 0 radical (unpaired) electrons. The van der Waals surface area contributed by atoms with E-state index >= 15 is 0 Å². The molecule has 2 N–H and O–H groups in total. The van der Waals surface area contributed by atoms with E-state index in [9.17, 15) is 32.3 Å². The number of hydrogen-bond acceptors (Lipinski definition) is 11. The summed E-state index contributed by atoms with van der Waals surface area (Å²) < 4.78 is 58.7. The van der Waals surface area contributed by atoms with Crippen molar-refractivity contribution in [2.45, 2.75) is 50.9 Å². The summed E-state index contributed by atoms with van der Waals surface area (Å²) >= 11 is 0. The van der Waals surface area contributed by atoms with E-state index in [1.807, 2.05) is 6.07 Å². The minimum Gasteiger partial charge on any atom is -0.383 e. The number of rotatable bonds is 14. The lowest BCUT2D eigenvalue weighted by Gasteiger charge is -2.14. The number of methoxy groups -OCH3 is 2. The van der Waals surface area contributed by atoms with Crippen molar-refractivity contribution in [1.82, 2.24) is 64.3 Å². The molecule has 2 atom stereocenters. The summed E-state index contributed by atoms with van der Waals surface area (Å²) in [5.41, 5.74) is -2.75. The molecule has 23 heteroatoms. The van der Waals surface area contributed by atoms with Crippen LogP contribution in [0.1, 0.15) is 64.6 Å². The Morgan fingerprint density at radius 1 is 0.862 bits per heavy atom. The highest BCUT2D eigenvalue weighted by molar-refractivity contribution is 5.95. The highest BCUT2D eigenvalue weighted by Gasteiger charge is 2.37. The smallest absolute Gasteiger partial charge is 0.383 e. The van der Waals surface area contributed by atoms with Crippen molar-refractivity contribution in [3.05, 3.63) is 105 Å². The third-order valence-corrected chi connectivity index (χ3v) is 8.96. The first-order valence-electron chi connectivity index (χ1n) is 17.9. The predicted molar refractivity (Wildman–Crippen MR) is 194 cm³/mol. The van der Waals surface area contributed by atoms with E-state index in [0.29, 0.717) is 18.3 Å². The molecule has 0 bridgehead atoms. The number of amides is 2. The molecule has 2 amide bonds. The van der Waals surface area contributed by atoms with Gasteiger partial charge in [0.25, 0.3) is 22.9 Å². The van der Waals surface area contributed by atoms with Crippen molar-refractivity contribution in [2.24, 2.45) is 7.05 Å². The van der Waals surface area contributed by atoms with Gasteiger partial charge in [0, 0.05) is 67.5 Å². The number of aryl methyl sites for hydroxylation is 1. The summed E-state index contributed by atoms with van der Waals surface area (Å²) in [5.74, 6) is -1.48. The number of hydrogen-bond donors (Lipinski definition) is 2. The Morgan fingerprint density at radius 3 is 1.98 bits per heavy atom.